The summed E-state index contributed by atoms with van der Waals surface area (Å²) in [6.07, 6.45) is 2.42. The molecular formula is C16H25ClN2O3S. The Hall–Kier alpha value is -0.950. The van der Waals surface area contributed by atoms with Gasteiger partial charge in [-0.05, 0) is 51.4 Å². The highest BCUT2D eigenvalue weighted by Gasteiger charge is 2.31. The molecule has 0 bridgehead atoms. The largest absolute Gasteiger partial charge is 0.317 e. The van der Waals surface area contributed by atoms with E-state index in [2.05, 4.69) is 5.32 Å². The van der Waals surface area contributed by atoms with Crippen molar-refractivity contribution in [2.75, 3.05) is 19.6 Å². The zero-order chi connectivity index (χ0) is 16.2. The van der Waals surface area contributed by atoms with Gasteiger partial charge in [0.05, 0.1) is 4.90 Å². The molecule has 5 nitrogen and oxygen atoms in total. The fraction of sp³-hybridized carbons (Fsp3) is 0.562. The van der Waals surface area contributed by atoms with Crippen LogP contribution >= 0.6 is 12.4 Å². The predicted molar refractivity (Wildman–Crippen MR) is 93.8 cm³/mol. The van der Waals surface area contributed by atoms with Crippen molar-refractivity contribution in [2.24, 2.45) is 0 Å². The monoisotopic (exact) mass is 360 g/mol. The van der Waals surface area contributed by atoms with Gasteiger partial charge in [0, 0.05) is 18.2 Å². The van der Waals surface area contributed by atoms with Gasteiger partial charge >= 0.3 is 0 Å². The van der Waals surface area contributed by atoms with Gasteiger partial charge in [-0.1, -0.05) is 19.1 Å². The highest BCUT2D eigenvalue weighted by atomic mass is 35.5. The Bertz CT molecular complexity index is 628. The molecule has 7 heteroatoms. The van der Waals surface area contributed by atoms with Crippen LogP contribution < -0.4 is 5.32 Å². The molecule has 1 aromatic carbocycles. The third-order valence-corrected chi connectivity index (χ3v) is 5.95. The molecular weight excluding hydrogens is 336 g/mol. The molecule has 0 spiro atoms. The first kappa shape index (κ1) is 20.1. The van der Waals surface area contributed by atoms with Crippen LogP contribution in [-0.4, -0.2) is 44.2 Å². The van der Waals surface area contributed by atoms with Crippen LogP contribution in [0, 0.1) is 0 Å². The van der Waals surface area contributed by atoms with Crippen molar-refractivity contribution in [1.82, 2.24) is 9.62 Å². The standard InChI is InChI=1S/C16H24N2O3S.ClH/c1-3-11-18(15-7-9-17-10-8-15)22(20,21)16-6-4-5-14(12-16)13(2)19;/h4-6,12,15,17H,3,7-11H2,1-2H3;1H. The first-order valence-electron chi connectivity index (χ1n) is 7.80. The molecule has 1 N–H and O–H groups in total. The topological polar surface area (TPSA) is 66.5 Å². The van der Waals surface area contributed by atoms with Crippen molar-refractivity contribution >= 4 is 28.2 Å². The molecule has 0 unspecified atom stereocenters. The minimum atomic E-state index is -3.57. The van der Waals surface area contributed by atoms with Crippen molar-refractivity contribution in [2.45, 2.75) is 44.0 Å². The summed E-state index contributed by atoms with van der Waals surface area (Å²) in [5, 5.41) is 3.26. The molecule has 1 fully saturated rings. The molecule has 2 rings (SSSR count). The van der Waals surface area contributed by atoms with Crippen molar-refractivity contribution in [3.63, 3.8) is 0 Å². The number of rotatable bonds is 6. The van der Waals surface area contributed by atoms with Gasteiger partial charge < -0.3 is 5.32 Å². The normalized spacial score (nSPS) is 16.1. The Morgan fingerprint density at radius 1 is 1.30 bits per heavy atom. The Kier molecular flexibility index (Phi) is 7.67. The molecule has 1 heterocycles. The van der Waals surface area contributed by atoms with E-state index in [1.54, 1.807) is 22.5 Å². The summed E-state index contributed by atoms with van der Waals surface area (Å²) in [7, 11) is -3.57. The second-order valence-electron chi connectivity index (χ2n) is 5.68. The molecule has 0 atom stereocenters. The van der Waals surface area contributed by atoms with E-state index in [-0.39, 0.29) is 29.1 Å². The molecule has 0 amide bonds. The van der Waals surface area contributed by atoms with E-state index in [1.807, 2.05) is 6.92 Å². The Balaban J connectivity index is 0.00000264. The number of nitrogens with zero attached hydrogens (tertiary/aromatic N) is 1. The number of Topliss-reactive ketones (excluding diaryl/α,β-unsaturated/α-hetero) is 1. The molecule has 0 aliphatic carbocycles. The van der Waals surface area contributed by atoms with Crippen molar-refractivity contribution < 1.29 is 13.2 Å². The van der Waals surface area contributed by atoms with Crippen LogP contribution in [-0.2, 0) is 10.0 Å². The van der Waals surface area contributed by atoms with E-state index >= 15 is 0 Å². The van der Waals surface area contributed by atoms with E-state index in [0.717, 1.165) is 32.4 Å². The Morgan fingerprint density at radius 3 is 2.52 bits per heavy atom. The summed E-state index contributed by atoms with van der Waals surface area (Å²) in [5.41, 5.74) is 0.433. The summed E-state index contributed by atoms with van der Waals surface area (Å²) in [6, 6.07) is 6.38. The first-order chi connectivity index (χ1) is 10.5. The number of carbonyl (C=O) groups excluding carboxylic acids is 1. The van der Waals surface area contributed by atoms with Crippen LogP contribution in [0.3, 0.4) is 0 Å². The third kappa shape index (κ3) is 4.76. The Labute approximate surface area is 144 Å². The van der Waals surface area contributed by atoms with Crippen molar-refractivity contribution in [1.29, 1.82) is 0 Å². The maximum absolute atomic E-state index is 13.0. The van der Waals surface area contributed by atoms with Gasteiger partial charge in [0.2, 0.25) is 10.0 Å². The van der Waals surface area contributed by atoms with E-state index in [0.29, 0.717) is 12.1 Å². The molecule has 1 aromatic rings. The van der Waals surface area contributed by atoms with Crippen LogP contribution in [0.2, 0.25) is 0 Å². The van der Waals surface area contributed by atoms with Gasteiger partial charge in [-0.3, -0.25) is 4.79 Å². The average Bonchev–Trinajstić information content (AvgIpc) is 2.53. The van der Waals surface area contributed by atoms with E-state index in [4.69, 9.17) is 0 Å². The molecule has 1 aliphatic heterocycles. The quantitative estimate of drug-likeness (QED) is 0.791. The fourth-order valence-electron chi connectivity index (χ4n) is 2.82. The van der Waals surface area contributed by atoms with Gasteiger partial charge in [-0.15, -0.1) is 12.4 Å². The smallest absolute Gasteiger partial charge is 0.243 e. The number of carbonyl (C=O) groups is 1. The van der Waals surface area contributed by atoms with Crippen LogP contribution in [0.1, 0.15) is 43.5 Å². The second kappa shape index (κ2) is 8.78. The number of ketones is 1. The number of hydrogen-bond donors (Lipinski definition) is 1. The molecule has 23 heavy (non-hydrogen) atoms. The summed E-state index contributed by atoms with van der Waals surface area (Å²) in [4.78, 5) is 11.7. The summed E-state index contributed by atoms with van der Waals surface area (Å²) >= 11 is 0. The number of halogens is 1. The Morgan fingerprint density at radius 2 is 1.96 bits per heavy atom. The van der Waals surface area contributed by atoms with Gasteiger partial charge in [-0.25, -0.2) is 8.42 Å². The minimum Gasteiger partial charge on any atom is -0.317 e. The van der Waals surface area contributed by atoms with Gasteiger partial charge in [0.1, 0.15) is 0 Å². The SMILES string of the molecule is CCCN(C1CCNCC1)S(=O)(=O)c1cccc(C(C)=O)c1.Cl. The van der Waals surface area contributed by atoms with Crippen LogP contribution in [0.25, 0.3) is 0 Å². The highest BCUT2D eigenvalue weighted by molar-refractivity contribution is 7.89. The van der Waals surface area contributed by atoms with Crippen molar-refractivity contribution in [3.8, 4) is 0 Å². The number of benzene rings is 1. The molecule has 130 valence electrons. The van der Waals surface area contributed by atoms with Gasteiger partial charge in [0.25, 0.3) is 0 Å². The second-order valence-corrected chi connectivity index (χ2v) is 7.57. The fourth-order valence-corrected chi connectivity index (χ4v) is 4.65. The zero-order valence-corrected chi connectivity index (χ0v) is 15.3. The summed E-state index contributed by atoms with van der Waals surface area (Å²) in [6.45, 7) is 5.62. The van der Waals surface area contributed by atoms with Gasteiger partial charge in [-0.2, -0.15) is 4.31 Å². The maximum Gasteiger partial charge on any atom is 0.243 e. The lowest BCUT2D eigenvalue weighted by atomic mass is 10.1. The highest BCUT2D eigenvalue weighted by Crippen LogP contribution is 2.23. The van der Waals surface area contributed by atoms with Crippen LogP contribution in [0.15, 0.2) is 29.2 Å². The van der Waals surface area contributed by atoms with Crippen LogP contribution in [0.4, 0.5) is 0 Å². The average molecular weight is 361 g/mol. The zero-order valence-electron chi connectivity index (χ0n) is 13.6. The third-order valence-electron chi connectivity index (χ3n) is 4.01. The molecule has 1 aliphatic rings. The number of nitrogens with one attached hydrogen (secondary N) is 1. The lowest BCUT2D eigenvalue weighted by Gasteiger charge is -2.33. The van der Waals surface area contributed by atoms with E-state index < -0.39 is 10.0 Å². The number of sulfonamides is 1. The molecule has 0 radical (unpaired) electrons. The first-order valence-corrected chi connectivity index (χ1v) is 9.24. The minimum absolute atomic E-state index is 0. The number of hydrogen-bond acceptors (Lipinski definition) is 4. The molecule has 1 saturated heterocycles. The van der Waals surface area contributed by atoms with Crippen molar-refractivity contribution in [3.05, 3.63) is 29.8 Å². The maximum atomic E-state index is 13.0. The molecule has 0 aromatic heterocycles. The summed E-state index contributed by atoms with van der Waals surface area (Å²) in [5.74, 6) is -0.124. The van der Waals surface area contributed by atoms with Crippen LogP contribution in [0.5, 0.6) is 0 Å². The lowest BCUT2D eigenvalue weighted by molar-refractivity contribution is 0.101. The summed E-state index contributed by atoms with van der Waals surface area (Å²) < 4.78 is 27.6. The van der Waals surface area contributed by atoms with Gasteiger partial charge in [0.15, 0.2) is 5.78 Å². The predicted octanol–water partition coefficient (Wildman–Crippen LogP) is 2.46. The molecule has 0 saturated carbocycles. The van der Waals surface area contributed by atoms with E-state index in [9.17, 15) is 13.2 Å². The number of piperidine rings is 1. The van der Waals surface area contributed by atoms with E-state index in [1.165, 1.54) is 13.0 Å². The lowest BCUT2D eigenvalue weighted by Crippen LogP contribution is -2.46.